The van der Waals surface area contributed by atoms with Crippen LogP contribution in [-0.4, -0.2) is 75.0 Å². The first-order valence-corrected chi connectivity index (χ1v) is 8.57. The molecule has 0 aliphatic carbocycles. The molecule has 3 rings (SSSR count). The summed E-state index contributed by atoms with van der Waals surface area (Å²) in [7, 11) is 4.06. The molecule has 1 aromatic carbocycles. The third-order valence-electron chi connectivity index (χ3n) is 4.77. The van der Waals surface area contributed by atoms with Crippen LogP contribution in [0.15, 0.2) is 30.3 Å². The van der Waals surface area contributed by atoms with E-state index in [1.807, 2.05) is 49.3 Å². The van der Waals surface area contributed by atoms with Crippen molar-refractivity contribution in [3.8, 4) is 0 Å². The number of carbonyl (C=O) groups is 1. The van der Waals surface area contributed by atoms with Crippen molar-refractivity contribution in [3.63, 3.8) is 0 Å². The quantitative estimate of drug-likeness (QED) is 0.849. The summed E-state index contributed by atoms with van der Waals surface area (Å²) >= 11 is 0. The van der Waals surface area contributed by atoms with Crippen molar-refractivity contribution in [2.75, 3.05) is 47.0 Å². The highest BCUT2D eigenvalue weighted by Gasteiger charge is 2.47. The van der Waals surface area contributed by atoms with E-state index in [0.29, 0.717) is 32.9 Å². The molecule has 6 heteroatoms. The Bertz CT molecular complexity index is 538. The fourth-order valence-corrected chi connectivity index (χ4v) is 3.37. The maximum atomic E-state index is 12.6. The zero-order chi connectivity index (χ0) is 16.9. The van der Waals surface area contributed by atoms with Crippen molar-refractivity contribution in [2.45, 2.75) is 18.7 Å². The number of hydrogen-bond donors (Lipinski definition) is 1. The molecule has 2 aliphatic rings. The van der Waals surface area contributed by atoms with Crippen molar-refractivity contribution in [1.82, 2.24) is 15.1 Å². The van der Waals surface area contributed by atoms with E-state index in [2.05, 4.69) is 10.2 Å². The van der Waals surface area contributed by atoms with Crippen LogP contribution in [0.1, 0.15) is 5.56 Å². The number of likely N-dealkylation sites (tertiary alicyclic amines) is 1. The number of likely N-dealkylation sites (N-methyl/N-ethyl adjacent to an activating group) is 1. The first-order valence-electron chi connectivity index (χ1n) is 8.57. The molecule has 0 bridgehead atoms. The van der Waals surface area contributed by atoms with Crippen LogP contribution < -0.4 is 5.32 Å². The Hall–Kier alpha value is -1.63. The third-order valence-corrected chi connectivity index (χ3v) is 4.77. The van der Waals surface area contributed by atoms with Crippen LogP contribution in [0.4, 0.5) is 4.79 Å². The van der Waals surface area contributed by atoms with Gasteiger partial charge in [0.15, 0.2) is 0 Å². The first-order chi connectivity index (χ1) is 11.6. The number of rotatable bonds is 6. The summed E-state index contributed by atoms with van der Waals surface area (Å²) < 4.78 is 11.6. The average Bonchev–Trinajstić information content (AvgIpc) is 3.17. The van der Waals surface area contributed by atoms with Gasteiger partial charge in [0.25, 0.3) is 0 Å². The lowest BCUT2D eigenvalue weighted by atomic mass is 10.0. The molecule has 0 aromatic heterocycles. The van der Waals surface area contributed by atoms with Gasteiger partial charge >= 0.3 is 6.03 Å². The summed E-state index contributed by atoms with van der Waals surface area (Å²) in [6.45, 7) is 4.04. The molecule has 2 heterocycles. The molecule has 1 N–H and O–H groups in total. The number of amides is 2. The Morgan fingerprint density at radius 2 is 2.12 bits per heavy atom. The molecular formula is C18H27N3O3. The van der Waals surface area contributed by atoms with Crippen LogP contribution in [-0.2, 0) is 16.0 Å². The van der Waals surface area contributed by atoms with Gasteiger partial charge in [0.05, 0.1) is 32.0 Å². The second kappa shape index (κ2) is 7.96. The molecule has 1 aromatic rings. The summed E-state index contributed by atoms with van der Waals surface area (Å²) in [5.74, 6) is 0.287. The Morgan fingerprint density at radius 3 is 2.88 bits per heavy atom. The van der Waals surface area contributed by atoms with Crippen molar-refractivity contribution in [1.29, 1.82) is 0 Å². The molecule has 2 aliphatic heterocycles. The van der Waals surface area contributed by atoms with Gasteiger partial charge in [-0.15, -0.1) is 0 Å². The van der Waals surface area contributed by atoms with E-state index in [1.54, 1.807) is 0 Å². The van der Waals surface area contributed by atoms with E-state index in [-0.39, 0.29) is 24.1 Å². The van der Waals surface area contributed by atoms with Crippen LogP contribution in [0.5, 0.6) is 0 Å². The SMILES string of the molecule is CN(C)CCO[C@H]1CN(C(=O)NCc2ccccc2)[C@@H]2COC[C@H]12. The average molecular weight is 333 g/mol. The van der Waals surface area contributed by atoms with Gasteiger partial charge < -0.3 is 24.6 Å². The van der Waals surface area contributed by atoms with Crippen molar-refractivity contribution in [2.24, 2.45) is 5.92 Å². The van der Waals surface area contributed by atoms with Gasteiger partial charge in [0.1, 0.15) is 0 Å². The highest BCUT2D eigenvalue weighted by molar-refractivity contribution is 5.75. The summed E-state index contributed by atoms with van der Waals surface area (Å²) in [6.07, 6.45) is 0.0694. The predicted octanol–water partition coefficient (Wildman–Crippen LogP) is 1.17. The van der Waals surface area contributed by atoms with Crippen LogP contribution in [0, 0.1) is 5.92 Å². The molecule has 24 heavy (non-hydrogen) atoms. The molecule has 0 radical (unpaired) electrons. The number of ether oxygens (including phenoxy) is 2. The summed E-state index contributed by atoms with van der Waals surface area (Å²) in [4.78, 5) is 16.6. The van der Waals surface area contributed by atoms with Crippen LogP contribution in [0.3, 0.4) is 0 Å². The lowest BCUT2D eigenvalue weighted by molar-refractivity contribution is 0.0156. The lowest BCUT2D eigenvalue weighted by Gasteiger charge is -2.23. The highest BCUT2D eigenvalue weighted by Crippen LogP contribution is 2.32. The number of benzene rings is 1. The summed E-state index contributed by atoms with van der Waals surface area (Å²) in [6, 6.07) is 10.1. The van der Waals surface area contributed by atoms with Crippen molar-refractivity contribution in [3.05, 3.63) is 35.9 Å². The Morgan fingerprint density at radius 1 is 1.33 bits per heavy atom. The molecule has 2 fully saturated rings. The first kappa shape index (κ1) is 17.2. The van der Waals surface area contributed by atoms with E-state index < -0.39 is 0 Å². The van der Waals surface area contributed by atoms with Gasteiger partial charge in [-0.2, -0.15) is 0 Å². The Balaban J connectivity index is 1.54. The molecular weight excluding hydrogens is 306 g/mol. The minimum atomic E-state index is -0.0296. The van der Waals surface area contributed by atoms with E-state index >= 15 is 0 Å². The summed E-state index contributed by atoms with van der Waals surface area (Å²) in [5.41, 5.74) is 1.10. The second-order valence-electron chi connectivity index (χ2n) is 6.78. The van der Waals surface area contributed by atoms with Gasteiger partial charge in [0.2, 0.25) is 0 Å². The van der Waals surface area contributed by atoms with E-state index in [9.17, 15) is 4.79 Å². The largest absolute Gasteiger partial charge is 0.379 e. The van der Waals surface area contributed by atoms with Gasteiger partial charge in [0, 0.05) is 25.6 Å². The standard InChI is InChI=1S/C18H27N3O3/c1-20(2)8-9-24-17-11-21(16-13-23-12-15(16)17)18(22)19-10-14-6-4-3-5-7-14/h3-7,15-17H,8-13H2,1-2H3,(H,19,22)/t15-,16+,17-/m0/s1. The van der Waals surface area contributed by atoms with Crippen LogP contribution >= 0.6 is 0 Å². The van der Waals surface area contributed by atoms with Gasteiger partial charge in [-0.05, 0) is 19.7 Å². The number of fused-ring (bicyclic) bond motifs is 1. The zero-order valence-corrected chi connectivity index (χ0v) is 14.5. The molecule has 0 saturated carbocycles. The Kier molecular flexibility index (Phi) is 5.71. The predicted molar refractivity (Wildman–Crippen MR) is 91.8 cm³/mol. The van der Waals surface area contributed by atoms with Crippen molar-refractivity contribution < 1.29 is 14.3 Å². The van der Waals surface area contributed by atoms with Crippen LogP contribution in [0.25, 0.3) is 0 Å². The fraction of sp³-hybridized carbons (Fsp3) is 0.611. The van der Waals surface area contributed by atoms with E-state index in [1.165, 1.54) is 0 Å². The maximum Gasteiger partial charge on any atom is 0.318 e. The van der Waals surface area contributed by atoms with Gasteiger partial charge in [-0.3, -0.25) is 0 Å². The van der Waals surface area contributed by atoms with E-state index in [4.69, 9.17) is 9.47 Å². The summed E-state index contributed by atoms with van der Waals surface area (Å²) in [5, 5.41) is 3.02. The zero-order valence-electron chi connectivity index (χ0n) is 14.5. The number of urea groups is 1. The fourth-order valence-electron chi connectivity index (χ4n) is 3.37. The smallest absolute Gasteiger partial charge is 0.318 e. The minimum absolute atomic E-state index is 0.0296. The topological polar surface area (TPSA) is 54.0 Å². The minimum Gasteiger partial charge on any atom is -0.379 e. The number of carbonyl (C=O) groups excluding carboxylic acids is 1. The lowest BCUT2D eigenvalue weighted by Crippen LogP contribution is -2.44. The second-order valence-corrected chi connectivity index (χ2v) is 6.78. The van der Waals surface area contributed by atoms with Gasteiger partial charge in [-0.25, -0.2) is 4.79 Å². The molecule has 3 atom stereocenters. The number of nitrogens with one attached hydrogen (secondary N) is 1. The Labute approximate surface area is 143 Å². The normalized spacial score (nSPS) is 26.0. The molecule has 6 nitrogen and oxygen atoms in total. The van der Waals surface area contributed by atoms with E-state index in [0.717, 1.165) is 12.1 Å². The maximum absolute atomic E-state index is 12.6. The third kappa shape index (κ3) is 4.06. The van der Waals surface area contributed by atoms with Gasteiger partial charge in [-0.1, -0.05) is 30.3 Å². The number of nitrogens with zero attached hydrogens (tertiary/aromatic N) is 2. The molecule has 0 unspecified atom stereocenters. The number of hydrogen-bond acceptors (Lipinski definition) is 4. The monoisotopic (exact) mass is 333 g/mol. The van der Waals surface area contributed by atoms with Crippen LogP contribution in [0.2, 0.25) is 0 Å². The molecule has 2 saturated heterocycles. The molecule has 2 amide bonds. The van der Waals surface area contributed by atoms with Crippen molar-refractivity contribution >= 4 is 6.03 Å². The molecule has 0 spiro atoms. The molecule has 132 valence electrons. The highest BCUT2D eigenvalue weighted by atomic mass is 16.5.